The lowest BCUT2D eigenvalue weighted by Gasteiger charge is -2.24. The highest BCUT2D eigenvalue weighted by atomic mass is 32.1. The van der Waals surface area contributed by atoms with Crippen LogP contribution in [0.25, 0.3) is 0 Å². The number of hydrogen-bond acceptors (Lipinski definition) is 5. The second kappa shape index (κ2) is 8.37. The highest BCUT2D eigenvalue weighted by Crippen LogP contribution is 2.34. The summed E-state index contributed by atoms with van der Waals surface area (Å²) in [6, 6.07) is 12.1. The van der Waals surface area contributed by atoms with Crippen molar-refractivity contribution >= 4 is 29.0 Å². The van der Waals surface area contributed by atoms with E-state index in [-0.39, 0.29) is 24.3 Å². The van der Waals surface area contributed by atoms with E-state index in [0.717, 1.165) is 11.3 Å². The number of H-pyrrole nitrogens is 1. The summed E-state index contributed by atoms with van der Waals surface area (Å²) < 4.78 is 5.80. The molecule has 1 aliphatic heterocycles. The summed E-state index contributed by atoms with van der Waals surface area (Å²) in [6.07, 6.45) is 2.32. The van der Waals surface area contributed by atoms with Crippen molar-refractivity contribution < 1.29 is 14.3 Å². The molecule has 144 valence electrons. The quantitative estimate of drug-likeness (QED) is 0.597. The number of amides is 2. The average molecular weight is 396 g/mol. The van der Waals surface area contributed by atoms with Gasteiger partial charge in [-0.3, -0.25) is 14.7 Å². The molecular weight excluding hydrogens is 376 g/mol. The molecule has 3 N–H and O–H groups in total. The van der Waals surface area contributed by atoms with Crippen LogP contribution >= 0.6 is 11.3 Å². The van der Waals surface area contributed by atoms with Crippen molar-refractivity contribution in [2.24, 2.45) is 0 Å². The molecular formula is C20H20N4O3S. The molecule has 28 heavy (non-hydrogen) atoms. The van der Waals surface area contributed by atoms with Gasteiger partial charge in [-0.1, -0.05) is 30.3 Å². The Labute approximate surface area is 166 Å². The lowest BCUT2D eigenvalue weighted by molar-refractivity contribution is -0.129. The van der Waals surface area contributed by atoms with E-state index in [9.17, 15) is 9.59 Å². The number of nitrogens with one attached hydrogen (secondary N) is 3. The third-order valence-electron chi connectivity index (χ3n) is 4.59. The molecule has 4 rings (SSSR count). The number of carbonyl (C=O) groups is 2. The number of ether oxygens (including phenoxy) is 1. The molecule has 3 heterocycles. The van der Waals surface area contributed by atoms with Crippen LogP contribution in [-0.2, 0) is 20.7 Å². The first-order valence-corrected chi connectivity index (χ1v) is 9.91. The van der Waals surface area contributed by atoms with Crippen LogP contribution in [0.4, 0.5) is 5.82 Å². The minimum atomic E-state index is -0.816. The first-order valence-electron chi connectivity index (χ1n) is 9.03. The minimum Gasteiger partial charge on any atom is -0.372 e. The summed E-state index contributed by atoms with van der Waals surface area (Å²) in [5.74, 6) is -0.107. The van der Waals surface area contributed by atoms with Gasteiger partial charge in [0.1, 0.15) is 18.0 Å². The molecule has 0 bridgehead atoms. The van der Waals surface area contributed by atoms with Gasteiger partial charge in [-0.15, -0.1) is 11.3 Å². The summed E-state index contributed by atoms with van der Waals surface area (Å²) in [6.45, 7) is 0.601. The van der Waals surface area contributed by atoms with E-state index in [1.54, 1.807) is 23.6 Å². The highest BCUT2D eigenvalue weighted by Gasteiger charge is 2.28. The Hall–Kier alpha value is -2.97. The molecule has 0 spiro atoms. The molecule has 8 heteroatoms. The van der Waals surface area contributed by atoms with Gasteiger partial charge in [-0.2, -0.15) is 5.10 Å². The predicted octanol–water partition coefficient (Wildman–Crippen LogP) is 2.97. The number of hydrogen-bond donors (Lipinski definition) is 3. The van der Waals surface area contributed by atoms with E-state index in [0.29, 0.717) is 18.0 Å². The lowest BCUT2D eigenvalue weighted by Crippen LogP contribution is -2.38. The fourth-order valence-corrected chi connectivity index (χ4v) is 4.24. The monoisotopic (exact) mass is 396 g/mol. The molecule has 0 radical (unpaired) electrons. The van der Waals surface area contributed by atoms with Gasteiger partial charge >= 0.3 is 0 Å². The molecule has 1 aromatic carbocycles. The van der Waals surface area contributed by atoms with Gasteiger partial charge in [0.15, 0.2) is 0 Å². The van der Waals surface area contributed by atoms with Crippen LogP contribution in [0, 0.1) is 0 Å². The van der Waals surface area contributed by atoms with Crippen LogP contribution in [0.1, 0.15) is 34.6 Å². The van der Waals surface area contributed by atoms with E-state index < -0.39 is 6.04 Å². The Bertz CT molecular complexity index is 940. The predicted molar refractivity (Wildman–Crippen MR) is 106 cm³/mol. The molecule has 0 fully saturated rings. The van der Waals surface area contributed by atoms with Crippen molar-refractivity contribution in [2.75, 3.05) is 11.9 Å². The third kappa shape index (κ3) is 4.13. The second-order valence-corrected chi connectivity index (χ2v) is 7.44. The third-order valence-corrected chi connectivity index (χ3v) is 5.64. The zero-order valence-corrected chi connectivity index (χ0v) is 15.9. The van der Waals surface area contributed by atoms with Crippen LogP contribution in [0.5, 0.6) is 0 Å². The second-order valence-electron chi connectivity index (χ2n) is 6.49. The minimum absolute atomic E-state index is 0.175. The largest absolute Gasteiger partial charge is 0.372 e. The van der Waals surface area contributed by atoms with Crippen LogP contribution in [0.15, 0.2) is 54.0 Å². The van der Waals surface area contributed by atoms with E-state index in [1.165, 1.54) is 5.56 Å². The van der Waals surface area contributed by atoms with Gasteiger partial charge in [-0.05, 0) is 29.0 Å². The number of aromatic amines is 1. The Morgan fingerprint density at radius 2 is 2.11 bits per heavy atom. The summed E-state index contributed by atoms with van der Waals surface area (Å²) in [5.41, 5.74) is 1.94. The molecule has 2 aromatic heterocycles. The topological polar surface area (TPSA) is 96.1 Å². The van der Waals surface area contributed by atoms with Crippen molar-refractivity contribution in [3.05, 3.63) is 70.0 Å². The van der Waals surface area contributed by atoms with Gasteiger partial charge in [0.2, 0.25) is 5.91 Å². The fraction of sp³-hybridized carbons (Fsp3) is 0.250. The smallest absolute Gasteiger partial charge is 0.252 e. The lowest BCUT2D eigenvalue weighted by atomic mass is 10.0. The maximum absolute atomic E-state index is 12.8. The van der Waals surface area contributed by atoms with Crippen LogP contribution < -0.4 is 10.6 Å². The van der Waals surface area contributed by atoms with E-state index >= 15 is 0 Å². The molecule has 3 aromatic rings. The molecule has 2 amide bonds. The molecule has 2 atom stereocenters. The van der Waals surface area contributed by atoms with Crippen molar-refractivity contribution in [1.29, 1.82) is 0 Å². The first kappa shape index (κ1) is 18.4. The maximum atomic E-state index is 12.8. The van der Waals surface area contributed by atoms with E-state index in [1.807, 2.05) is 35.7 Å². The fourth-order valence-electron chi connectivity index (χ4n) is 3.24. The number of benzene rings is 1. The van der Waals surface area contributed by atoms with Crippen molar-refractivity contribution in [3.63, 3.8) is 0 Å². The van der Waals surface area contributed by atoms with E-state index in [4.69, 9.17) is 4.74 Å². The number of nitrogens with zero attached hydrogens (tertiary/aromatic N) is 1. The SMILES string of the molecule is O=C(C[C@H]1OCCc2ccsc21)N[C@H](C(=O)Nc1ccn[nH]1)c1ccccc1. The van der Waals surface area contributed by atoms with Gasteiger partial charge in [0.05, 0.1) is 19.2 Å². The number of aromatic nitrogens is 2. The van der Waals surface area contributed by atoms with Gasteiger partial charge in [-0.25, -0.2) is 0 Å². The van der Waals surface area contributed by atoms with Gasteiger partial charge in [0.25, 0.3) is 5.91 Å². The zero-order valence-electron chi connectivity index (χ0n) is 15.1. The van der Waals surface area contributed by atoms with Crippen molar-refractivity contribution in [2.45, 2.75) is 25.0 Å². The molecule has 0 unspecified atom stereocenters. The number of rotatable bonds is 6. The zero-order chi connectivity index (χ0) is 19.3. The van der Waals surface area contributed by atoms with Crippen LogP contribution in [0.3, 0.4) is 0 Å². The standard InChI is InChI=1S/C20H20N4O3S/c25-17(12-15-19-14(7-10-27-15)8-11-28-19)23-18(13-4-2-1-3-5-13)20(26)22-16-6-9-21-24-16/h1-6,8-9,11,15,18H,7,10,12H2,(H,23,25)(H2,21,22,24,26)/t15-,18+/m1/s1. The van der Waals surface area contributed by atoms with Crippen molar-refractivity contribution in [1.82, 2.24) is 15.5 Å². The first-order chi connectivity index (χ1) is 13.7. The number of carbonyl (C=O) groups excluding carboxylic acids is 2. The Kier molecular flexibility index (Phi) is 5.50. The molecule has 0 saturated heterocycles. The number of fused-ring (bicyclic) bond motifs is 1. The maximum Gasteiger partial charge on any atom is 0.252 e. The van der Waals surface area contributed by atoms with E-state index in [2.05, 4.69) is 26.9 Å². The number of anilines is 1. The Morgan fingerprint density at radius 3 is 2.89 bits per heavy atom. The normalized spacial score (nSPS) is 16.8. The van der Waals surface area contributed by atoms with Crippen LogP contribution in [0.2, 0.25) is 0 Å². The van der Waals surface area contributed by atoms with Crippen molar-refractivity contribution in [3.8, 4) is 0 Å². The Balaban J connectivity index is 1.48. The summed E-state index contributed by atoms with van der Waals surface area (Å²) >= 11 is 1.60. The molecule has 1 aliphatic rings. The van der Waals surface area contributed by atoms with Crippen LogP contribution in [-0.4, -0.2) is 28.6 Å². The average Bonchev–Trinajstić information content (AvgIpc) is 3.39. The summed E-state index contributed by atoms with van der Waals surface area (Å²) in [7, 11) is 0. The number of thiophene rings is 1. The highest BCUT2D eigenvalue weighted by molar-refractivity contribution is 7.10. The summed E-state index contributed by atoms with van der Waals surface area (Å²) in [4.78, 5) is 26.6. The Morgan fingerprint density at radius 1 is 1.25 bits per heavy atom. The summed E-state index contributed by atoms with van der Waals surface area (Å²) in [5, 5.41) is 14.1. The molecule has 0 aliphatic carbocycles. The van der Waals surface area contributed by atoms with Gasteiger partial charge < -0.3 is 15.4 Å². The molecule has 0 saturated carbocycles. The molecule has 7 nitrogen and oxygen atoms in total. The van der Waals surface area contributed by atoms with Gasteiger partial charge in [0, 0.05) is 10.9 Å².